The van der Waals surface area contributed by atoms with Gasteiger partial charge in [0.1, 0.15) is 23.2 Å². The molecule has 3 rings (SSSR count). The van der Waals surface area contributed by atoms with Gasteiger partial charge in [-0.2, -0.15) is 0 Å². The summed E-state index contributed by atoms with van der Waals surface area (Å²) in [5, 5.41) is 30.0. The van der Waals surface area contributed by atoms with Gasteiger partial charge in [-0.3, -0.25) is 4.90 Å². The molecule has 1 heterocycles. The molecule has 0 saturated carbocycles. The average Bonchev–Trinajstić information content (AvgIpc) is 2.82. The van der Waals surface area contributed by atoms with Crippen LogP contribution in [0.15, 0.2) is 30.3 Å². The molecule has 1 aliphatic rings. The molecule has 0 aliphatic carbocycles. The van der Waals surface area contributed by atoms with Crippen molar-refractivity contribution in [1.82, 2.24) is 15.5 Å². The Kier molecular flexibility index (Phi) is 9.64. The number of ether oxygens (including phenoxy) is 1. The van der Waals surface area contributed by atoms with Gasteiger partial charge in [-0.15, -0.1) is 0 Å². The van der Waals surface area contributed by atoms with Crippen LogP contribution in [0.25, 0.3) is 0 Å². The van der Waals surface area contributed by atoms with Crippen LogP contribution in [0.1, 0.15) is 51.5 Å². The van der Waals surface area contributed by atoms with E-state index in [0.29, 0.717) is 25.9 Å². The van der Waals surface area contributed by atoms with E-state index in [2.05, 4.69) is 16.0 Å². The first-order valence-electron chi connectivity index (χ1n) is 12.7. The van der Waals surface area contributed by atoms with Crippen LogP contribution in [0, 0.1) is 17.5 Å². The van der Waals surface area contributed by atoms with Gasteiger partial charge in [0.15, 0.2) is 11.6 Å². The lowest BCUT2D eigenvalue weighted by molar-refractivity contribution is -0.160. The zero-order chi connectivity index (χ0) is 28.1. The Bertz CT molecular complexity index is 1120. The van der Waals surface area contributed by atoms with Gasteiger partial charge in [0.2, 0.25) is 0 Å². The van der Waals surface area contributed by atoms with E-state index in [1.807, 2.05) is 6.92 Å². The van der Waals surface area contributed by atoms with Gasteiger partial charge >= 0.3 is 6.09 Å². The van der Waals surface area contributed by atoms with Gasteiger partial charge in [0, 0.05) is 31.7 Å². The normalized spacial score (nSPS) is 16.0. The smallest absolute Gasteiger partial charge is 0.407 e. The molecule has 1 fully saturated rings. The number of hydrogen-bond acceptors (Lipinski definition) is 7. The minimum Gasteiger partial charge on any atom is -0.444 e. The maximum atomic E-state index is 14.7. The number of amides is 1. The number of aliphatic hydroxyl groups is 2. The fourth-order valence-electron chi connectivity index (χ4n) is 4.15. The Morgan fingerprint density at radius 3 is 2.47 bits per heavy atom. The minimum absolute atomic E-state index is 0.0195. The van der Waals surface area contributed by atoms with Gasteiger partial charge in [0.05, 0.1) is 11.4 Å². The fourth-order valence-corrected chi connectivity index (χ4v) is 4.15. The predicted molar refractivity (Wildman–Crippen MR) is 139 cm³/mol. The van der Waals surface area contributed by atoms with Crippen molar-refractivity contribution in [2.45, 2.75) is 58.0 Å². The van der Waals surface area contributed by atoms with Crippen molar-refractivity contribution in [1.29, 1.82) is 0 Å². The number of rotatable bonds is 11. The highest BCUT2D eigenvalue weighted by molar-refractivity contribution is 5.67. The molecule has 8 nitrogen and oxygen atoms in total. The van der Waals surface area contributed by atoms with E-state index in [4.69, 9.17) is 4.74 Å². The number of nitrogens with zero attached hydrogens (tertiary/aromatic N) is 1. The number of hydrogen-bond donors (Lipinski definition) is 5. The van der Waals surface area contributed by atoms with E-state index in [1.165, 1.54) is 23.1 Å². The summed E-state index contributed by atoms with van der Waals surface area (Å²) < 4.78 is 48.4. The second-order valence-electron chi connectivity index (χ2n) is 10.6. The molecule has 210 valence electrons. The van der Waals surface area contributed by atoms with Crippen LogP contribution in [0.2, 0.25) is 0 Å². The molecule has 1 unspecified atom stereocenters. The molecular weight excluding hydrogens is 501 g/mol. The van der Waals surface area contributed by atoms with Gasteiger partial charge in [-0.1, -0.05) is 13.0 Å². The zero-order valence-electron chi connectivity index (χ0n) is 22.2. The maximum absolute atomic E-state index is 14.7. The van der Waals surface area contributed by atoms with Crippen molar-refractivity contribution in [3.05, 3.63) is 58.9 Å². The molecule has 0 aromatic heterocycles. The van der Waals surface area contributed by atoms with Crippen molar-refractivity contribution < 1.29 is 32.9 Å². The first kappa shape index (κ1) is 29.7. The lowest BCUT2D eigenvalue weighted by Gasteiger charge is -2.49. The average molecular weight is 539 g/mol. The maximum Gasteiger partial charge on any atom is 0.407 e. The minimum atomic E-state index is -1.36. The summed E-state index contributed by atoms with van der Waals surface area (Å²) >= 11 is 0. The third kappa shape index (κ3) is 7.83. The molecule has 1 aliphatic heterocycles. The molecule has 0 bridgehead atoms. The number of nitrogens with one attached hydrogen (secondary N) is 3. The number of benzene rings is 2. The molecule has 2 aromatic carbocycles. The highest BCUT2D eigenvalue weighted by Gasteiger charge is 2.44. The van der Waals surface area contributed by atoms with Gasteiger partial charge in [-0.05, 0) is 70.0 Å². The van der Waals surface area contributed by atoms with E-state index >= 15 is 0 Å². The summed E-state index contributed by atoms with van der Waals surface area (Å²) in [6, 6.07) is 6.55. The first-order chi connectivity index (χ1) is 17.8. The van der Waals surface area contributed by atoms with Crippen LogP contribution in [-0.4, -0.2) is 65.1 Å². The number of halogens is 3. The van der Waals surface area contributed by atoms with Crippen molar-refractivity contribution >= 4 is 17.5 Å². The van der Waals surface area contributed by atoms with Crippen molar-refractivity contribution in [2.75, 3.05) is 38.0 Å². The summed E-state index contributed by atoms with van der Waals surface area (Å²) in [6.45, 7) is 8.54. The quantitative estimate of drug-likeness (QED) is 0.276. The standard InChI is InChI=1S/C27H37F3N4O4/c1-5-17-7-10-21(20(29)13-17)33-23-18(8-9-19(28)22(23)30)24(35)34-15-27(37,16-34)14-31-11-6-12-32-25(36)38-26(2,3)4/h7-10,13,24,31,33,35,37H,5-6,11-12,14-16H2,1-4H3,(H,32,36). The Hall–Kier alpha value is -2.86. The van der Waals surface area contributed by atoms with Crippen molar-refractivity contribution in [2.24, 2.45) is 0 Å². The van der Waals surface area contributed by atoms with E-state index in [1.54, 1.807) is 26.8 Å². The largest absolute Gasteiger partial charge is 0.444 e. The molecule has 1 saturated heterocycles. The predicted octanol–water partition coefficient (Wildman–Crippen LogP) is 3.95. The van der Waals surface area contributed by atoms with Gasteiger partial charge in [-0.25, -0.2) is 18.0 Å². The molecule has 1 amide bonds. The molecular formula is C27H37F3N4O4. The van der Waals surface area contributed by atoms with Crippen LogP contribution in [0.4, 0.5) is 29.3 Å². The van der Waals surface area contributed by atoms with Crippen molar-refractivity contribution in [3.8, 4) is 0 Å². The summed E-state index contributed by atoms with van der Waals surface area (Å²) in [7, 11) is 0. The van der Waals surface area contributed by atoms with Crippen LogP contribution in [0.3, 0.4) is 0 Å². The Morgan fingerprint density at radius 1 is 1.13 bits per heavy atom. The molecule has 0 spiro atoms. The molecule has 1 atom stereocenters. The summed E-state index contributed by atoms with van der Waals surface area (Å²) in [6.07, 6.45) is -0.623. The topological polar surface area (TPSA) is 106 Å². The van der Waals surface area contributed by atoms with E-state index in [9.17, 15) is 28.2 Å². The lowest BCUT2D eigenvalue weighted by Crippen LogP contribution is -2.66. The van der Waals surface area contributed by atoms with Crippen LogP contribution in [-0.2, 0) is 11.2 Å². The highest BCUT2D eigenvalue weighted by atomic mass is 19.2. The summed E-state index contributed by atoms with van der Waals surface area (Å²) in [4.78, 5) is 13.1. The first-order valence-corrected chi connectivity index (χ1v) is 12.7. The SMILES string of the molecule is CCc1ccc(Nc2c(C(O)N3CC(O)(CNCCCNC(=O)OC(C)(C)C)C3)ccc(F)c2F)c(F)c1. The molecule has 11 heteroatoms. The number of β-amino-alcohol motifs (C(OH)–C–C–N with tert-alkyl or cyclic N) is 1. The van der Waals surface area contributed by atoms with Crippen molar-refractivity contribution in [3.63, 3.8) is 0 Å². The Labute approximate surface area is 221 Å². The van der Waals surface area contributed by atoms with Crippen LogP contribution < -0.4 is 16.0 Å². The van der Waals surface area contributed by atoms with E-state index in [-0.39, 0.29) is 36.6 Å². The van der Waals surface area contributed by atoms with Crippen LogP contribution >= 0.6 is 0 Å². The molecule has 38 heavy (non-hydrogen) atoms. The molecule has 2 aromatic rings. The molecule has 0 radical (unpaired) electrons. The van der Waals surface area contributed by atoms with Crippen LogP contribution in [0.5, 0.6) is 0 Å². The number of likely N-dealkylation sites (tertiary alicyclic amines) is 1. The number of anilines is 2. The van der Waals surface area contributed by atoms with Gasteiger partial charge in [0.25, 0.3) is 0 Å². The summed E-state index contributed by atoms with van der Waals surface area (Å²) in [5.41, 5.74) is -1.35. The fraction of sp³-hybridized carbons (Fsp3) is 0.519. The number of aliphatic hydroxyl groups excluding tert-OH is 1. The highest BCUT2D eigenvalue weighted by Crippen LogP contribution is 2.36. The zero-order valence-corrected chi connectivity index (χ0v) is 22.2. The number of aryl methyl sites for hydroxylation is 1. The number of carbonyl (C=O) groups excluding carboxylic acids is 1. The van der Waals surface area contributed by atoms with Gasteiger partial charge < -0.3 is 30.9 Å². The summed E-state index contributed by atoms with van der Waals surface area (Å²) in [5.74, 6) is -3.00. The lowest BCUT2D eigenvalue weighted by atomic mass is 9.92. The number of alkyl carbamates (subject to hydrolysis) is 1. The van der Waals surface area contributed by atoms with E-state index < -0.39 is 41.0 Å². The third-order valence-electron chi connectivity index (χ3n) is 6.10. The Balaban J connectivity index is 1.53. The second kappa shape index (κ2) is 12.3. The second-order valence-corrected chi connectivity index (χ2v) is 10.6. The Morgan fingerprint density at radius 2 is 1.84 bits per heavy atom. The van der Waals surface area contributed by atoms with E-state index in [0.717, 1.165) is 11.6 Å². The number of carbonyl (C=O) groups is 1. The third-order valence-corrected chi connectivity index (χ3v) is 6.10. The monoisotopic (exact) mass is 538 g/mol. The molecule has 5 N–H and O–H groups in total.